The third-order valence-corrected chi connectivity index (χ3v) is 7.46. The van der Waals surface area contributed by atoms with Crippen molar-refractivity contribution in [3.05, 3.63) is 47.5 Å². The summed E-state index contributed by atoms with van der Waals surface area (Å²) in [5.74, 6) is -0.326. The Morgan fingerprint density at radius 1 is 0.857 bits per heavy atom. The van der Waals surface area contributed by atoms with Gasteiger partial charge < -0.3 is 18.9 Å². The molecule has 2 aliphatic heterocycles. The number of hydrogen-bond donors (Lipinski definition) is 1. The minimum atomic E-state index is -0.919. The van der Waals surface area contributed by atoms with E-state index in [-0.39, 0.29) is 0 Å². The average Bonchev–Trinajstić information content (AvgIpc) is 2.68. The number of carbonyl (C=O) groups is 2. The molecule has 0 spiro atoms. The van der Waals surface area contributed by atoms with E-state index < -0.39 is 33.9 Å². The molecule has 0 amide bonds. The van der Waals surface area contributed by atoms with Crippen LogP contribution in [0.4, 0.5) is 0 Å². The Morgan fingerprint density at radius 2 is 1.36 bits per heavy atom. The quantitative estimate of drug-likeness (QED) is 0.477. The first-order valence-corrected chi connectivity index (χ1v) is 9.33. The van der Waals surface area contributed by atoms with E-state index >= 15 is 0 Å². The van der Waals surface area contributed by atoms with Crippen molar-refractivity contribution in [2.75, 3.05) is 14.2 Å². The topological polar surface area (TPSA) is 71.1 Å². The monoisotopic (exact) mass is 398 g/mol. The van der Waals surface area contributed by atoms with Crippen LogP contribution in [0.5, 0.6) is 23.0 Å². The molecule has 2 aromatic rings. The van der Waals surface area contributed by atoms with Gasteiger partial charge in [-0.3, -0.25) is 9.59 Å². The number of carbonyl (C=O) groups excluding carboxylic acids is 2. The summed E-state index contributed by atoms with van der Waals surface area (Å²) in [4.78, 5) is 25.7. The van der Waals surface area contributed by atoms with Gasteiger partial charge in [0, 0.05) is 28.7 Å². The summed E-state index contributed by atoms with van der Waals surface area (Å²) in [5, 5.41) is 0. The zero-order chi connectivity index (χ0) is 19.8. The summed E-state index contributed by atoms with van der Waals surface area (Å²) in [6.07, 6.45) is 0. The molecular formula is C21H18O6S. The summed E-state index contributed by atoms with van der Waals surface area (Å²) >= 11 is 5.04. The largest absolute Gasteiger partial charge is 0.497 e. The molecule has 1 fully saturated rings. The highest BCUT2D eigenvalue weighted by molar-refractivity contribution is 7.81. The van der Waals surface area contributed by atoms with E-state index in [0.29, 0.717) is 23.0 Å². The van der Waals surface area contributed by atoms with Gasteiger partial charge >= 0.3 is 11.9 Å². The Balaban J connectivity index is 1.75. The van der Waals surface area contributed by atoms with Gasteiger partial charge in [-0.05, 0) is 12.1 Å². The number of rotatable bonds is 2. The van der Waals surface area contributed by atoms with Crippen LogP contribution in [0.25, 0.3) is 0 Å². The van der Waals surface area contributed by atoms with Crippen LogP contribution in [-0.2, 0) is 19.8 Å². The summed E-state index contributed by atoms with van der Waals surface area (Å²) in [6, 6.07) is 10.7. The van der Waals surface area contributed by atoms with Gasteiger partial charge in [0.05, 0.1) is 30.8 Å². The Kier molecular flexibility index (Phi) is 3.39. The van der Waals surface area contributed by atoms with Crippen LogP contribution in [0.1, 0.15) is 18.1 Å². The Labute approximate surface area is 167 Å². The van der Waals surface area contributed by atoms with E-state index in [9.17, 15) is 9.59 Å². The van der Waals surface area contributed by atoms with Crippen LogP contribution in [0.3, 0.4) is 0 Å². The lowest BCUT2D eigenvalue weighted by Gasteiger charge is -2.66. The lowest BCUT2D eigenvalue weighted by Crippen LogP contribution is -2.74. The highest BCUT2D eigenvalue weighted by atomic mass is 32.1. The van der Waals surface area contributed by atoms with Gasteiger partial charge in [0.1, 0.15) is 23.0 Å². The Bertz CT molecular complexity index is 966. The molecule has 3 aliphatic rings. The predicted octanol–water partition coefficient (Wildman–Crippen LogP) is 2.87. The van der Waals surface area contributed by atoms with Crippen molar-refractivity contribution in [1.82, 2.24) is 0 Å². The molecule has 144 valence electrons. The highest BCUT2D eigenvalue weighted by Crippen LogP contribution is 2.73. The Morgan fingerprint density at radius 3 is 1.93 bits per heavy atom. The second-order valence-corrected chi connectivity index (χ2v) is 8.20. The first-order chi connectivity index (χ1) is 13.4. The van der Waals surface area contributed by atoms with E-state index in [1.54, 1.807) is 32.4 Å². The summed E-state index contributed by atoms with van der Waals surface area (Å²) in [6.45, 7) is 1.96. The molecule has 0 aromatic heterocycles. The van der Waals surface area contributed by atoms with Gasteiger partial charge in [0.15, 0.2) is 0 Å². The molecule has 4 unspecified atom stereocenters. The number of methoxy groups -OCH3 is 2. The van der Waals surface area contributed by atoms with Gasteiger partial charge in [-0.1, -0.05) is 19.1 Å². The second-order valence-electron chi connectivity index (χ2n) is 7.49. The molecule has 0 saturated heterocycles. The molecule has 4 atom stereocenters. The first-order valence-electron chi connectivity index (χ1n) is 8.89. The third kappa shape index (κ3) is 1.80. The number of ether oxygens (including phenoxy) is 4. The van der Waals surface area contributed by atoms with Crippen LogP contribution < -0.4 is 18.9 Å². The number of thiol groups is 1. The van der Waals surface area contributed by atoms with Crippen molar-refractivity contribution in [2.24, 2.45) is 11.8 Å². The van der Waals surface area contributed by atoms with E-state index in [1.165, 1.54) is 0 Å². The summed E-state index contributed by atoms with van der Waals surface area (Å²) in [5.41, 5.74) is 0.831. The van der Waals surface area contributed by atoms with Crippen molar-refractivity contribution < 1.29 is 28.5 Å². The van der Waals surface area contributed by atoms with Crippen LogP contribution in [0, 0.1) is 11.8 Å². The number of fused-ring (bicyclic) bond motifs is 8. The standard InChI is InChI=1S/C21H18O6S/c1-20-12-6-4-10(24-2)8-14(12)26-18(22)16(20)17-19(23)27-15-9-11(25-3)5-7-13(15)21(17,20)28/h4-9,16-17,28H,1-3H3. The van der Waals surface area contributed by atoms with Crippen molar-refractivity contribution in [2.45, 2.75) is 17.1 Å². The van der Waals surface area contributed by atoms with Crippen molar-refractivity contribution >= 4 is 24.6 Å². The molecule has 0 radical (unpaired) electrons. The third-order valence-electron chi connectivity index (χ3n) is 6.47. The molecule has 2 aromatic carbocycles. The number of benzene rings is 2. The van der Waals surface area contributed by atoms with Crippen molar-refractivity contribution in [1.29, 1.82) is 0 Å². The van der Waals surface area contributed by atoms with E-state index in [2.05, 4.69) is 0 Å². The van der Waals surface area contributed by atoms with Crippen molar-refractivity contribution in [3.8, 4) is 23.0 Å². The smallest absolute Gasteiger partial charge is 0.317 e. The van der Waals surface area contributed by atoms with E-state index in [1.807, 2.05) is 25.1 Å². The van der Waals surface area contributed by atoms with Gasteiger partial charge in [0.25, 0.3) is 0 Å². The van der Waals surface area contributed by atoms with Gasteiger partial charge in [-0.15, -0.1) is 0 Å². The molecule has 1 saturated carbocycles. The van der Waals surface area contributed by atoms with E-state index in [0.717, 1.165) is 11.1 Å². The fourth-order valence-corrected chi connectivity index (χ4v) is 5.75. The van der Waals surface area contributed by atoms with Crippen LogP contribution in [0.15, 0.2) is 36.4 Å². The molecule has 0 N–H and O–H groups in total. The first kappa shape index (κ1) is 17.4. The molecule has 1 aliphatic carbocycles. The molecular weight excluding hydrogens is 380 g/mol. The SMILES string of the molecule is COc1ccc2c(c1)OC(=O)C1C3C(=O)Oc4cc(OC)ccc4C3(S)C21C. The second kappa shape index (κ2) is 5.44. The van der Waals surface area contributed by atoms with Crippen LogP contribution in [-0.4, -0.2) is 26.2 Å². The molecule has 7 heteroatoms. The maximum absolute atomic E-state index is 12.9. The number of hydrogen-bond acceptors (Lipinski definition) is 7. The van der Waals surface area contributed by atoms with Gasteiger partial charge in [0.2, 0.25) is 0 Å². The molecule has 0 bridgehead atoms. The molecule has 28 heavy (non-hydrogen) atoms. The predicted molar refractivity (Wildman–Crippen MR) is 102 cm³/mol. The normalized spacial score (nSPS) is 31.9. The maximum atomic E-state index is 12.9. The zero-order valence-electron chi connectivity index (χ0n) is 15.5. The minimum Gasteiger partial charge on any atom is -0.497 e. The molecule has 2 heterocycles. The van der Waals surface area contributed by atoms with Gasteiger partial charge in [-0.25, -0.2) is 0 Å². The maximum Gasteiger partial charge on any atom is 0.317 e. The number of esters is 2. The molecule has 5 rings (SSSR count). The van der Waals surface area contributed by atoms with Gasteiger partial charge in [-0.2, -0.15) is 12.6 Å². The zero-order valence-corrected chi connectivity index (χ0v) is 16.4. The highest BCUT2D eigenvalue weighted by Gasteiger charge is 2.78. The summed E-state index contributed by atoms with van der Waals surface area (Å²) in [7, 11) is 3.10. The molecule has 6 nitrogen and oxygen atoms in total. The Hall–Kier alpha value is -2.67. The van der Waals surface area contributed by atoms with Crippen LogP contribution >= 0.6 is 12.6 Å². The fraction of sp³-hybridized carbons (Fsp3) is 0.333. The van der Waals surface area contributed by atoms with Crippen molar-refractivity contribution in [3.63, 3.8) is 0 Å². The summed E-state index contributed by atoms with van der Waals surface area (Å²) < 4.78 is 20.7. The lowest BCUT2D eigenvalue weighted by molar-refractivity contribution is -0.177. The minimum absolute atomic E-state index is 0.407. The fourth-order valence-electron chi connectivity index (χ4n) is 5.05. The lowest BCUT2D eigenvalue weighted by atomic mass is 9.41. The average molecular weight is 398 g/mol. The van der Waals surface area contributed by atoms with Crippen LogP contribution in [0.2, 0.25) is 0 Å². The van der Waals surface area contributed by atoms with E-state index in [4.69, 9.17) is 31.6 Å².